The Bertz CT molecular complexity index is 543. The first-order valence-corrected chi connectivity index (χ1v) is 8.63. The Morgan fingerprint density at radius 2 is 1.86 bits per heavy atom. The van der Waals surface area contributed by atoms with Crippen LogP contribution in [-0.2, 0) is 0 Å². The molecule has 0 spiro atoms. The summed E-state index contributed by atoms with van der Waals surface area (Å²) in [6, 6.07) is 12.2. The summed E-state index contributed by atoms with van der Waals surface area (Å²) < 4.78 is 0. The molecule has 1 aromatic heterocycles. The molecule has 112 valence electrons. The van der Waals surface area contributed by atoms with Crippen molar-refractivity contribution in [1.82, 2.24) is 9.97 Å². The topological polar surface area (TPSA) is 37.8 Å². The molecule has 0 saturated carbocycles. The van der Waals surface area contributed by atoms with E-state index in [1.807, 2.05) is 36.0 Å². The molecule has 0 unspecified atom stereocenters. The standard InChI is InChI=1S/C17H23N3S/c1-3-5-9-12-21-16-13-15(18-4-2)19-17(20-16)14-10-7-6-8-11-14/h6-8,10-11,13H,3-5,9,12H2,1-2H3,(H,18,19,20). The van der Waals surface area contributed by atoms with Crippen LogP contribution in [0.25, 0.3) is 11.4 Å². The number of unbranched alkanes of at least 4 members (excludes halogenated alkanes) is 2. The maximum Gasteiger partial charge on any atom is 0.162 e. The van der Waals surface area contributed by atoms with Crippen LogP contribution in [0.3, 0.4) is 0 Å². The molecule has 0 amide bonds. The van der Waals surface area contributed by atoms with E-state index in [0.717, 1.165) is 34.5 Å². The fraction of sp³-hybridized carbons (Fsp3) is 0.412. The SMILES string of the molecule is CCCCCSc1cc(NCC)nc(-c2ccccc2)n1. The lowest BCUT2D eigenvalue weighted by atomic mass is 10.2. The van der Waals surface area contributed by atoms with E-state index in [0.29, 0.717) is 0 Å². The van der Waals surface area contributed by atoms with E-state index < -0.39 is 0 Å². The molecule has 1 N–H and O–H groups in total. The van der Waals surface area contributed by atoms with E-state index in [9.17, 15) is 0 Å². The van der Waals surface area contributed by atoms with Crippen molar-refractivity contribution in [3.63, 3.8) is 0 Å². The van der Waals surface area contributed by atoms with Crippen LogP contribution in [0.15, 0.2) is 41.4 Å². The van der Waals surface area contributed by atoms with Crippen molar-refractivity contribution in [3.05, 3.63) is 36.4 Å². The van der Waals surface area contributed by atoms with Crippen molar-refractivity contribution < 1.29 is 0 Å². The lowest BCUT2D eigenvalue weighted by molar-refractivity contribution is 0.778. The monoisotopic (exact) mass is 301 g/mol. The van der Waals surface area contributed by atoms with Gasteiger partial charge >= 0.3 is 0 Å². The second-order valence-electron chi connectivity index (χ2n) is 4.87. The van der Waals surface area contributed by atoms with Gasteiger partial charge in [-0.1, -0.05) is 50.1 Å². The van der Waals surface area contributed by atoms with Crippen molar-refractivity contribution in [2.75, 3.05) is 17.6 Å². The number of aromatic nitrogens is 2. The van der Waals surface area contributed by atoms with Crippen molar-refractivity contribution >= 4 is 17.6 Å². The van der Waals surface area contributed by atoms with Crippen LogP contribution in [0.5, 0.6) is 0 Å². The van der Waals surface area contributed by atoms with E-state index in [2.05, 4.69) is 36.3 Å². The highest BCUT2D eigenvalue weighted by Crippen LogP contribution is 2.24. The summed E-state index contributed by atoms with van der Waals surface area (Å²) in [7, 11) is 0. The van der Waals surface area contributed by atoms with Gasteiger partial charge in [-0.3, -0.25) is 0 Å². The van der Waals surface area contributed by atoms with Crippen LogP contribution in [0.4, 0.5) is 5.82 Å². The summed E-state index contributed by atoms with van der Waals surface area (Å²) in [4.78, 5) is 9.30. The highest BCUT2D eigenvalue weighted by Gasteiger charge is 2.07. The third-order valence-corrected chi connectivity index (χ3v) is 4.09. The molecule has 2 rings (SSSR count). The Hall–Kier alpha value is -1.55. The van der Waals surface area contributed by atoms with Gasteiger partial charge in [0, 0.05) is 18.2 Å². The summed E-state index contributed by atoms with van der Waals surface area (Å²) in [5, 5.41) is 4.35. The molecular formula is C17H23N3S. The summed E-state index contributed by atoms with van der Waals surface area (Å²) in [6.07, 6.45) is 3.77. The van der Waals surface area contributed by atoms with Crippen molar-refractivity contribution in [2.24, 2.45) is 0 Å². The fourth-order valence-corrected chi connectivity index (χ4v) is 2.92. The Labute approximate surface area is 131 Å². The van der Waals surface area contributed by atoms with E-state index in [-0.39, 0.29) is 0 Å². The number of hydrogen-bond donors (Lipinski definition) is 1. The zero-order valence-corrected chi connectivity index (χ0v) is 13.6. The summed E-state index contributed by atoms with van der Waals surface area (Å²) >= 11 is 1.82. The smallest absolute Gasteiger partial charge is 0.162 e. The second kappa shape index (κ2) is 8.67. The molecule has 0 saturated heterocycles. The van der Waals surface area contributed by atoms with E-state index in [1.54, 1.807) is 0 Å². The van der Waals surface area contributed by atoms with Gasteiger partial charge in [0.1, 0.15) is 10.8 Å². The molecular weight excluding hydrogens is 278 g/mol. The van der Waals surface area contributed by atoms with Crippen LogP contribution in [-0.4, -0.2) is 22.3 Å². The number of benzene rings is 1. The van der Waals surface area contributed by atoms with E-state index in [1.165, 1.54) is 19.3 Å². The van der Waals surface area contributed by atoms with Crippen molar-refractivity contribution in [2.45, 2.75) is 38.1 Å². The predicted molar refractivity (Wildman–Crippen MR) is 91.9 cm³/mol. The summed E-state index contributed by atoms with van der Waals surface area (Å²) in [6.45, 7) is 5.18. The molecule has 0 bridgehead atoms. The molecule has 0 fully saturated rings. The minimum atomic E-state index is 0.798. The Morgan fingerprint density at radius 1 is 1.05 bits per heavy atom. The molecule has 4 heteroatoms. The average molecular weight is 301 g/mol. The fourth-order valence-electron chi connectivity index (χ4n) is 2.02. The first kappa shape index (κ1) is 15.8. The van der Waals surface area contributed by atoms with Crippen molar-refractivity contribution in [1.29, 1.82) is 0 Å². The van der Waals surface area contributed by atoms with Gasteiger partial charge in [0.2, 0.25) is 0 Å². The number of nitrogens with one attached hydrogen (secondary N) is 1. The lowest BCUT2D eigenvalue weighted by Gasteiger charge is -2.09. The van der Waals surface area contributed by atoms with Gasteiger partial charge in [-0.25, -0.2) is 9.97 Å². The molecule has 1 heterocycles. The minimum Gasteiger partial charge on any atom is -0.370 e. The molecule has 0 radical (unpaired) electrons. The second-order valence-corrected chi connectivity index (χ2v) is 5.98. The lowest BCUT2D eigenvalue weighted by Crippen LogP contribution is -2.02. The van der Waals surface area contributed by atoms with Crippen molar-refractivity contribution in [3.8, 4) is 11.4 Å². The molecule has 0 aliphatic rings. The highest BCUT2D eigenvalue weighted by atomic mass is 32.2. The van der Waals surface area contributed by atoms with Crippen LogP contribution in [0.1, 0.15) is 33.1 Å². The molecule has 21 heavy (non-hydrogen) atoms. The van der Waals surface area contributed by atoms with Crippen LogP contribution in [0.2, 0.25) is 0 Å². The number of hydrogen-bond acceptors (Lipinski definition) is 4. The maximum absolute atomic E-state index is 4.70. The molecule has 1 aromatic carbocycles. The average Bonchev–Trinajstić information content (AvgIpc) is 2.53. The van der Waals surface area contributed by atoms with Gasteiger partial charge in [0.25, 0.3) is 0 Å². The summed E-state index contributed by atoms with van der Waals surface area (Å²) in [5.41, 5.74) is 1.06. The predicted octanol–water partition coefficient (Wildman–Crippen LogP) is 4.86. The van der Waals surface area contributed by atoms with Crippen LogP contribution in [0, 0.1) is 0 Å². The zero-order chi connectivity index (χ0) is 14.9. The normalized spacial score (nSPS) is 10.6. The van der Waals surface area contributed by atoms with Gasteiger partial charge in [-0.2, -0.15) is 0 Å². The number of anilines is 1. The minimum absolute atomic E-state index is 0.798. The van der Waals surface area contributed by atoms with Gasteiger partial charge in [-0.15, -0.1) is 11.8 Å². The number of nitrogens with zero attached hydrogens (tertiary/aromatic N) is 2. The van der Waals surface area contributed by atoms with Crippen LogP contribution >= 0.6 is 11.8 Å². The Morgan fingerprint density at radius 3 is 2.57 bits per heavy atom. The van der Waals surface area contributed by atoms with E-state index >= 15 is 0 Å². The molecule has 3 nitrogen and oxygen atoms in total. The first-order chi connectivity index (χ1) is 10.3. The third kappa shape index (κ3) is 5.05. The van der Waals surface area contributed by atoms with Gasteiger partial charge < -0.3 is 5.32 Å². The largest absolute Gasteiger partial charge is 0.370 e. The quantitative estimate of drug-likeness (QED) is 0.429. The number of thioether (sulfide) groups is 1. The van der Waals surface area contributed by atoms with Gasteiger partial charge in [-0.05, 0) is 19.1 Å². The highest BCUT2D eigenvalue weighted by molar-refractivity contribution is 7.99. The molecule has 2 aromatic rings. The zero-order valence-electron chi connectivity index (χ0n) is 12.8. The molecule has 0 atom stereocenters. The number of rotatable bonds is 8. The Kier molecular flexibility index (Phi) is 6.54. The van der Waals surface area contributed by atoms with Crippen LogP contribution < -0.4 is 5.32 Å². The maximum atomic E-state index is 4.70. The summed E-state index contributed by atoms with van der Waals surface area (Å²) in [5.74, 6) is 2.82. The molecule has 0 aliphatic heterocycles. The van der Waals surface area contributed by atoms with Gasteiger partial charge in [0.05, 0.1) is 0 Å². The van der Waals surface area contributed by atoms with Gasteiger partial charge in [0.15, 0.2) is 5.82 Å². The Balaban J connectivity index is 2.18. The first-order valence-electron chi connectivity index (χ1n) is 7.64. The van der Waals surface area contributed by atoms with E-state index in [4.69, 9.17) is 4.98 Å². The third-order valence-electron chi connectivity index (χ3n) is 3.09. The molecule has 0 aliphatic carbocycles.